The van der Waals surface area contributed by atoms with Crippen molar-refractivity contribution in [2.45, 2.75) is 25.1 Å². The molecule has 0 saturated carbocycles. The number of nitrogens with zero attached hydrogens (tertiary/aromatic N) is 3. The molecule has 0 amide bonds. The van der Waals surface area contributed by atoms with Gasteiger partial charge in [-0.05, 0) is 43.4 Å². The maximum atomic E-state index is 5.93. The fraction of sp³-hybridized carbons (Fsp3) is 0.389. The first-order chi connectivity index (χ1) is 12.6. The summed E-state index contributed by atoms with van der Waals surface area (Å²) in [7, 11) is 1.67. The van der Waals surface area contributed by atoms with Gasteiger partial charge in [0.15, 0.2) is 10.7 Å². The Morgan fingerprint density at radius 2 is 1.85 bits per heavy atom. The molecule has 0 aliphatic carbocycles. The average Bonchev–Trinajstić information content (AvgIpc) is 3.01. The summed E-state index contributed by atoms with van der Waals surface area (Å²) in [6.45, 7) is 5.10. The van der Waals surface area contributed by atoms with Gasteiger partial charge in [0.05, 0.1) is 20.3 Å². The average molecular weight is 373 g/mol. The first-order valence-electron chi connectivity index (χ1n) is 8.21. The third kappa shape index (κ3) is 2.99. The Hall–Kier alpha value is -2.32. The van der Waals surface area contributed by atoms with E-state index in [1.54, 1.807) is 7.11 Å². The summed E-state index contributed by atoms with van der Waals surface area (Å²) in [6, 6.07) is 3.97. The Morgan fingerprint density at radius 1 is 1.12 bits per heavy atom. The zero-order valence-electron chi connectivity index (χ0n) is 15.0. The molecule has 0 unspecified atom stereocenters. The van der Waals surface area contributed by atoms with E-state index in [0.717, 1.165) is 22.4 Å². The molecule has 1 aliphatic heterocycles. The number of hydrogen-bond acceptors (Lipinski definition) is 8. The Kier molecular flexibility index (Phi) is 4.46. The van der Waals surface area contributed by atoms with Crippen LogP contribution >= 0.6 is 11.8 Å². The van der Waals surface area contributed by atoms with Crippen molar-refractivity contribution in [1.82, 2.24) is 15.0 Å². The van der Waals surface area contributed by atoms with Crippen LogP contribution in [0.25, 0.3) is 22.7 Å². The molecule has 136 valence electrons. The molecule has 4 rings (SSSR count). The zero-order valence-corrected chi connectivity index (χ0v) is 15.8. The molecular weight excluding hydrogens is 354 g/mol. The summed E-state index contributed by atoms with van der Waals surface area (Å²) in [6.07, 6.45) is 1.90. The van der Waals surface area contributed by atoms with Gasteiger partial charge < -0.3 is 18.6 Å². The van der Waals surface area contributed by atoms with E-state index in [9.17, 15) is 0 Å². The van der Waals surface area contributed by atoms with Gasteiger partial charge in [0.2, 0.25) is 11.8 Å². The first-order valence-corrected chi connectivity index (χ1v) is 9.44. The highest BCUT2D eigenvalue weighted by molar-refractivity contribution is 7.98. The summed E-state index contributed by atoms with van der Waals surface area (Å²) >= 11 is 1.43. The highest BCUT2D eigenvalue weighted by Gasteiger charge is 2.25. The van der Waals surface area contributed by atoms with Crippen molar-refractivity contribution >= 4 is 23.0 Å². The molecule has 7 nitrogen and oxygen atoms in total. The van der Waals surface area contributed by atoms with Gasteiger partial charge >= 0.3 is 0 Å². The number of fused-ring (bicyclic) bond motifs is 1. The molecule has 0 spiro atoms. The van der Waals surface area contributed by atoms with Gasteiger partial charge in [0.1, 0.15) is 11.9 Å². The van der Waals surface area contributed by atoms with Crippen LogP contribution in [0.1, 0.15) is 11.1 Å². The van der Waals surface area contributed by atoms with E-state index in [-0.39, 0.29) is 6.10 Å². The molecule has 0 atom stereocenters. The predicted octanol–water partition coefficient (Wildman–Crippen LogP) is 3.41. The molecule has 1 fully saturated rings. The number of oxazole rings is 1. The van der Waals surface area contributed by atoms with Crippen LogP contribution in [0.15, 0.2) is 21.7 Å². The van der Waals surface area contributed by atoms with Crippen LogP contribution in [0.5, 0.6) is 11.6 Å². The largest absolute Gasteiger partial charge is 0.496 e. The number of hydrogen-bond donors (Lipinski definition) is 0. The van der Waals surface area contributed by atoms with Crippen molar-refractivity contribution in [1.29, 1.82) is 0 Å². The summed E-state index contributed by atoms with van der Waals surface area (Å²) in [5, 5.41) is 0.581. The lowest BCUT2D eigenvalue weighted by Crippen LogP contribution is -2.38. The van der Waals surface area contributed by atoms with Crippen LogP contribution < -0.4 is 9.47 Å². The van der Waals surface area contributed by atoms with E-state index in [0.29, 0.717) is 41.4 Å². The quantitative estimate of drug-likeness (QED) is 0.497. The van der Waals surface area contributed by atoms with Gasteiger partial charge in [-0.1, -0.05) is 11.8 Å². The van der Waals surface area contributed by atoms with E-state index in [2.05, 4.69) is 15.0 Å². The summed E-state index contributed by atoms with van der Waals surface area (Å²) in [4.78, 5) is 13.5. The van der Waals surface area contributed by atoms with Gasteiger partial charge in [0.25, 0.3) is 5.71 Å². The maximum absolute atomic E-state index is 5.93. The highest BCUT2D eigenvalue weighted by Crippen LogP contribution is 2.33. The van der Waals surface area contributed by atoms with Crippen molar-refractivity contribution < 1.29 is 18.6 Å². The van der Waals surface area contributed by atoms with Gasteiger partial charge in [-0.2, -0.15) is 9.97 Å². The van der Waals surface area contributed by atoms with Gasteiger partial charge in [-0.25, -0.2) is 4.98 Å². The van der Waals surface area contributed by atoms with Crippen molar-refractivity contribution in [2.24, 2.45) is 0 Å². The summed E-state index contributed by atoms with van der Waals surface area (Å²) in [5.74, 6) is 1.78. The lowest BCUT2D eigenvalue weighted by atomic mass is 10.1. The number of benzene rings is 1. The lowest BCUT2D eigenvalue weighted by Gasteiger charge is -2.25. The Morgan fingerprint density at radius 3 is 2.42 bits per heavy atom. The maximum Gasteiger partial charge on any atom is 0.255 e. The monoisotopic (exact) mass is 373 g/mol. The molecule has 1 aliphatic rings. The molecule has 8 heteroatoms. The lowest BCUT2D eigenvalue weighted by molar-refractivity contribution is -0.0810. The van der Waals surface area contributed by atoms with Crippen LogP contribution in [0.3, 0.4) is 0 Å². The van der Waals surface area contributed by atoms with Crippen molar-refractivity contribution in [2.75, 3.05) is 26.6 Å². The molecule has 3 heterocycles. The normalized spacial score (nSPS) is 14.5. The molecule has 0 bridgehead atoms. The topological polar surface area (TPSA) is 79.5 Å². The highest BCUT2D eigenvalue weighted by atomic mass is 32.2. The molecule has 0 N–H and O–H groups in total. The standard InChI is InChI=1S/C18H19N3O4S/c1-9-5-11(6-10(2)14(9)22-3)15-19-13-16(24-12-7-23-8-12)20-18(26-4)21-17(13)25-15/h5-6,12H,7-8H2,1-4H3. The van der Waals surface area contributed by atoms with Gasteiger partial charge in [-0.3, -0.25) is 0 Å². The first kappa shape index (κ1) is 17.1. The SMILES string of the molecule is COc1c(C)cc(-c2nc3c(OC4COC4)nc(SC)nc3o2)cc1C. The van der Waals surface area contributed by atoms with Crippen molar-refractivity contribution in [3.63, 3.8) is 0 Å². The molecule has 2 aromatic heterocycles. The number of methoxy groups -OCH3 is 1. The predicted molar refractivity (Wildman–Crippen MR) is 98.1 cm³/mol. The molecule has 26 heavy (non-hydrogen) atoms. The summed E-state index contributed by atoms with van der Waals surface area (Å²) in [5.41, 5.74) is 3.84. The Bertz CT molecular complexity index is 945. The van der Waals surface area contributed by atoms with Crippen LogP contribution in [-0.4, -0.2) is 47.6 Å². The second-order valence-corrected chi connectivity index (χ2v) is 6.88. The fourth-order valence-electron chi connectivity index (χ4n) is 2.91. The number of thioether (sulfide) groups is 1. The van der Waals surface area contributed by atoms with Crippen LogP contribution in [0.2, 0.25) is 0 Å². The van der Waals surface area contributed by atoms with Gasteiger partial charge in [-0.15, -0.1) is 0 Å². The summed E-state index contributed by atoms with van der Waals surface area (Å²) < 4.78 is 22.4. The second-order valence-electron chi connectivity index (χ2n) is 6.11. The third-order valence-corrected chi connectivity index (χ3v) is 4.73. The molecule has 0 radical (unpaired) electrons. The minimum atomic E-state index is -0.00608. The van der Waals surface area contributed by atoms with E-state index in [1.165, 1.54) is 11.8 Å². The molecular formula is C18H19N3O4S. The Balaban J connectivity index is 1.80. The smallest absolute Gasteiger partial charge is 0.255 e. The zero-order chi connectivity index (χ0) is 18.3. The molecule has 3 aromatic rings. The minimum Gasteiger partial charge on any atom is -0.496 e. The Labute approximate surface area is 155 Å². The molecule has 1 saturated heterocycles. The number of aromatic nitrogens is 3. The second kappa shape index (κ2) is 6.77. The minimum absolute atomic E-state index is 0.00608. The van der Waals surface area contributed by atoms with E-state index in [4.69, 9.17) is 18.6 Å². The van der Waals surface area contributed by atoms with Crippen LogP contribution in [0.4, 0.5) is 0 Å². The van der Waals surface area contributed by atoms with Crippen LogP contribution in [-0.2, 0) is 4.74 Å². The fourth-order valence-corrected chi connectivity index (χ4v) is 3.26. The van der Waals surface area contributed by atoms with Crippen LogP contribution in [0, 0.1) is 13.8 Å². The third-order valence-electron chi connectivity index (χ3n) is 4.19. The van der Waals surface area contributed by atoms with E-state index >= 15 is 0 Å². The number of aryl methyl sites for hydroxylation is 2. The number of ether oxygens (including phenoxy) is 3. The van der Waals surface area contributed by atoms with E-state index < -0.39 is 0 Å². The van der Waals surface area contributed by atoms with Crippen molar-refractivity contribution in [3.8, 4) is 23.1 Å². The molecule has 1 aromatic carbocycles. The van der Waals surface area contributed by atoms with Gasteiger partial charge in [0, 0.05) is 5.56 Å². The van der Waals surface area contributed by atoms with Crippen molar-refractivity contribution in [3.05, 3.63) is 23.3 Å². The van der Waals surface area contributed by atoms with E-state index in [1.807, 2.05) is 32.2 Å². The number of rotatable bonds is 5.